The largest absolute Gasteiger partial charge is 0.356 e. The number of nitrogens with zero attached hydrogens (tertiary/aromatic N) is 4. The fourth-order valence-electron chi connectivity index (χ4n) is 4.14. The van der Waals surface area contributed by atoms with Gasteiger partial charge in [0.1, 0.15) is 5.82 Å². The van der Waals surface area contributed by atoms with Crippen LogP contribution in [0.15, 0.2) is 42.9 Å². The lowest BCUT2D eigenvalue weighted by Gasteiger charge is -2.25. The molecule has 1 aromatic carbocycles. The number of rotatable bonds is 4. The van der Waals surface area contributed by atoms with Crippen molar-refractivity contribution in [2.45, 2.75) is 39.0 Å². The van der Waals surface area contributed by atoms with E-state index in [2.05, 4.69) is 15.4 Å². The number of alkyl halides is 2. The quantitative estimate of drug-likeness (QED) is 0.547. The second-order valence-electron chi connectivity index (χ2n) is 8.42. The molecule has 4 rings (SSSR count). The number of aromatic nitrogens is 3. The van der Waals surface area contributed by atoms with Crippen molar-refractivity contribution in [1.82, 2.24) is 20.9 Å². The van der Waals surface area contributed by atoms with E-state index in [-0.39, 0.29) is 32.9 Å². The van der Waals surface area contributed by atoms with Gasteiger partial charge in [0.2, 0.25) is 5.92 Å². The Balaban J connectivity index is 0.00000204. The zero-order chi connectivity index (χ0) is 22.9. The number of pyridine rings is 1. The molecule has 0 bridgehead atoms. The fraction of sp³-hybridized carbons (Fsp3) is 0.375. The normalized spacial score (nSPS) is 15.5. The van der Waals surface area contributed by atoms with E-state index in [0.29, 0.717) is 30.0 Å². The molecule has 9 heteroatoms. The Hall–Kier alpha value is -3.33. The maximum Gasteiger partial charge on any atom is 0.259 e. The van der Waals surface area contributed by atoms with Gasteiger partial charge in [0, 0.05) is 63.6 Å². The van der Waals surface area contributed by atoms with Crippen molar-refractivity contribution >= 4 is 17.4 Å². The second kappa shape index (κ2) is 9.66. The number of anilines is 2. The van der Waals surface area contributed by atoms with Gasteiger partial charge in [-0.2, -0.15) is 5.10 Å². The van der Waals surface area contributed by atoms with Gasteiger partial charge in [-0.1, -0.05) is 12.1 Å². The summed E-state index contributed by atoms with van der Waals surface area (Å²) in [6.07, 6.45) is 5.22. The minimum Gasteiger partial charge on any atom is -0.356 e. The molecule has 0 aliphatic carbocycles. The molecule has 1 saturated heterocycles. The molecular formula is C24H32F2N6O. The van der Waals surface area contributed by atoms with Gasteiger partial charge >= 0.3 is 0 Å². The van der Waals surface area contributed by atoms with Crippen molar-refractivity contribution in [2.24, 2.45) is 7.05 Å². The zero-order valence-electron chi connectivity index (χ0n) is 19.2. The summed E-state index contributed by atoms with van der Waals surface area (Å²) in [6.45, 7) is 4.40. The third kappa shape index (κ3) is 5.36. The molecule has 3 aromatic rings. The summed E-state index contributed by atoms with van der Waals surface area (Å²) in [5.74, 6) is -2.56. The minimum atomic E-state index is -2.69. The predicted octanol–water partition coefficient (Wildman–Crippen LogP) is 5.38. The van der Waals surface area contributed by atoms with E-state index >= 15 is 0 Å². The molecular weight excluding hydrogens is 426 g/mol. The Morgan fingerprint density at radius 1 is 1.18 bits per heavy atom. The van der Waals surface area contributed by atoms with E-state index < -0.39 is 5.92 Å². The number of carbonyl (C=O) groups excluding carboxylic acids is 1. The molecule has 3 heterocycles. The zero-order valence-corrected chi connectivity index (χ0v) is 19.2. The molecule has 2 aromatic heterocycles. The number of amides is 1. The van der Waals surface area contributed by atoms with Crippen molar-refractivity contribution in [2.75, 3.05) is 23.3 Å². The van der Waals surface area contributed by atoms with Crippen LogP contribution in [0.3, 0.4) is 0 Å². The van der Waals surface area contributed by atoms with Crippen LogP contribution in [0.4, 0.5) is 20.3 Å². The van der Waals surface area contributed by atoms with Crippen LogP contribution in [-0.2, 0) is 7.05 Å². The number of benzene rings is 1. The lowest BCUT2D eigenvalue weighted by molar-refractivity contribution is -0.0102. The molecule has 1 fully saturated rings. The number of halogens is 2. The van der Waals surface area contributed by atoms with Crippen molar-refractivity contribution in [3.8, 4) is 11.1 Å². The van der Waals surface area contributed by atoms with Crippen LogP contribution in [-0.4, -0.2) is 39.7 Å². The first-order valence-electron chi connectivity index (χ1n) is 10.7. The molecule has 1 aliphatic rings. The Morgan fingerprint density at radius 2 is 1.97 bits per heavy atom. The fourth-order valence-corrected chi connectivity index (χ4v) is 4.14. The van der Waals surface area contributed by atoms with Crippen molar-refractivity contribution in [3.05, 3.63) is 59.5 Å². The van der Waals surface area contributed by atoms with Crippen LogP contribution in [0.25, 0.3) is 11.1 Å². The smallest absolute Gasteiger partial charge is 0.259 e. The molecule has 0 unspecified atom stereocenters. The Bertz CT molecular complexity index is 1150. The van der Waals surface area contributed by atoms with E-state index in [0.717, 1.165) is 22.3 Å². The SMILES string of the molecule is Cc1cccc(NC(=O)c2c(N3CCCC(F)(F)CC3)ncc(-c3cnn(C)c3)c2C)c1.N.[HH]. The summed E-state index contributed by atoms with van der Waals surface area (Å²) in [6, 6.07) is 7.54. The lowest BCUT2D eigenvalue weighted by Crippen LogP contribution is -2.30. The van der Waals surface area contributed by atoms with Gasteiger partial charge in [-0.25, -0.2) is 13.8 Å². The Labute approximate surface area is 193 Å². The van der Waals surface area contributed by atoms with Gasteiger partial charge in [-0.3, -0.25) is 9.48 Å². The van der Waals surface area contributed by atoms with Crippen LogP contribution in [0, 0.1) is 13.8 Å². The van der Waals surface area contributed by atoms with Gasteiger partial charge < -0.3 is 16.4 Å². The van der Waals surface area contributed by atoms with Crippen LogP contribution < -0.4 is 16.4 Å². The molecule has 0 saturated carbocycles. The third-order valence-corrected chi connectivity index (χ3v) is 5.86. The van der Waals surface area contributed by atoms with Crippen molar-refractivity contribution in [1.29, 1.82) is 0 Å². The minimum absolute atomic E-state index is 0. The highest BCUT2D eigenvalue weighted by Crippen LogP contribution is 2.34. The monoisotopic (exact) mass is 458 g/mol. The molecule has 0 radical (unpaired) electrons. The standard InChI is InChI=1S/C24H27F2N5O.H3N.H2/c1-16-6-4-7-19(12-16)29-23(32)21-17(2)20(18-13-28-30(3)15-18)14-27-22(21)31-10-5-8-24(25,26)9-11-31;;/h4,6-7,12-15H,5,8-11H2,1-3H3,(H,29,32);1H3;1H. The molecule has 33 heavy (non-hydrogen) atoms. The van der Waals surface area contributed by atoms with E-state index in [9.17, 15) is 13.6 Å². The Morgan fingerprint density at radius 3 is 2.67 bits per heavy atom. The molecule has 178 valence electrons. The summed E-state index contributed by atoms with van der Waals surface area (Å²) >= 11 is 0. The Kier molecular flexibility index (Phi) is 7.12. The number of nitrogens with one attached hydrogen (secondary N) is 1. The summed E-state index contributed by atoms with van der Waals surface area (Å²) in [5, 5.41) is 7.18. The lowest BCUT2D eigenvalue weighted by atomic mass is 9.99. The van der Waals surface area contributed by atoms with Crippen molar-refractivity contribution in [3.63, 3.8) is 0 Å². The van der Waals surface area contributed by atoms with E-state index in [1.807, 2.05) is 56.3 Å². The van der Waals surface area contributed by atoms with Gasteiger partial charge in [-0.05, 0) is 43.5 Å². The molecule has 0 atom stereocenters. The van der Waals surface area contributed by atoms with Gasteiger partial charge in [0.05, 0.1) is 11.8 Å². The van der Waals surface area contributed by atoms with E-state index in [4.69, 9.17) is 0 Å². The summed E-state index contributed by atoms with van der Waals surface area (Å²) in [4.78, 5) is 19.9. The second-order valence-corrected chi connectivity index (χ2v) is 8.42. The molecule has 0 spiro atoms. The molecule has 7 nitrogen and oxygen atoms in total. The number of hydrogen-bond acceptors (Lipinski definition) is 5. The molecule has 1 aliphatic heterocycles. The number of carbonyl (C=O) groups is 1. The molecule has 1 amide bonds. The predicted molar refractivity (Wildman–Crippen MR) is 128 cm³/mol. The van der Waals surface area contributed by atoms with Crippen molar-refractivity contribution < 1.29 is 15.0 Å². The van der Waals surface area contributed by atoms with Crippen LogP contribution in [0.5, 0.6) is 0 Å². The molecule has 4 N–H and O–H groups in total. The first kappa shape index (κ1) is 24.3. The first-order valence-corrected chi connectivity index (χ1v) is 10.7. The van der Waals surface area contributed by atoms with Gasteiger partial charge in [0.25, 0.3) is 5.91 Å². The van der Waals surface area contributed by atoms with E-state index in [1.54, 1.807) is 17.1 Å². The summed E-state index contributed by atoms with van der Waals surface area (Å²) in [7, 11) is 1.82. The van der Waals surface area contributed by atoms with Gasteiger partial charge in [-0.15, -0.1) is 0 Å². The highest BCUT2D eigenvalue weighted by atomic mass is 19.3. The average Bonchev–Trinajstić information content (AvgIpc) is 3.07. The van der Waals surface area contributed by atoms with Gasteiger partial charge in [0.15, 0.2) is 0 Å². The van der Waals surface area contributed by atoms with Crippen LogP contribution in [0.2, 0.25) is 0 Å². The average molecular weight is 459 g/mol. The first-order chi connectivity index (χ1) is 15.2. The number of aryl methyl sites for hydroxylation is 2. The maximum atomic E-state index is 14.0. The van der Waals surface area contributed by atoms with Crippen LogP contribution in [0.1, 0.15) is 42.2 Å². The maximum absolute atomic E-state index is 14.0. The summed E-state index contributed by atoms with van der Waals surface area (Å²) < 4.78 is 29.6. The number of hydrogen-bond donors (Lipinski definition) is 2. The third-order valence-electron chi connectivity index (χ3n) is 5.86. The highest BCUT2D eigenvalue weighted by molar-refractivity contribution is 6.09. The van der Waals surface area contributed by atoms with Crippen LogP contribution >= 0.6 is 0 Å². The topological polar surface area (TPSA) is 98.1 Å². The highest BCUT2D eigenvalue weighted by Gasteiger charge is 2.33. The summed E-state index contributed by atoms with van der Waals surface area (Å²) in [5.41, 5.74) is 4.47. The van der Waals surface area contributed by atoms with E-state index in [1.165, 1.54) is 0 Å².